The molecule has 1 N–H and O–H groups in total. The maximum atomic E-state index is 12.2. The summed E-state index contributed by atoms with van der Waals surface area (Å²) in [5.74, 6) is -0.0955. The lowest BCUT2D eigenvalue weighted by molar-refractivity contribution is -0.157. The van der Waals surface area contributed by atoms with Crippen molar-refractivity contribution in [3.63, 3.8) is 0 Å². The number of rotatable bonds is 4. The van der Waals surface area contributed by atoms with Crippen LogP contribution in [0.5, 0.6) is 0 Å². The predicted molar refractivity (Wildman–Crippen MR) is 69.9 cm³/mol. The molecule has 1 atom stereocenters. The fraction of sp³-hybridized carbons (Fsp3) is 0.929. The third-order valence-corrected chi connectivity index (χ3v) is 3.46. The van der Waals surface area contributed by atoms with Gasteiger partial charge in [-0.05, 0) is 51.5 Å². The Hall–Kier alpha value is -0.570. The van der Waals surface area contributed by atoms with Crippen LogP contribution in [0.3, 0.4) is 0 Å². The quantitative estimate of drug-likeness (QED) is 0.769. The molecule has 0 aromatic carbocycles. The molecule has 1 unspecified atom stereocenters. The van der Waals surface area contributed by atoms with E-state index in [0.29, 0.717) is 0 Å². The number of esters is 1. The van der Waals surface area contributed by atoms with Crippen LogP contribution in [-0.4, -0.2) is 24.7 Å². The Balaban J connectivity index is 2.61. The summed E-state index contributed by atoms with van der Waals surface area (Å²) in [7, 11) is 1.83. The van der Waals surface area contributed by atoms with E-state index in [-0.39, 0.29) is 17.5 Å². The topological polar surface area (TPSA) is 38.3 Å². The molecule has 0 heterocycles. The predicted octanol–water partition coefficient (Wildman–Crippen LogP) is 2.89. The Morgan fingerprint density at radius 3 is 2.18 bits per heavy atom. The SMILES string of the molecule is CNC(C)(CC(C)(C)C)C(=O)OC1CCCC1. The molecule has 0 saturated heterocycles. The van der Waals surface area contributed by atoms with Gasteiger partial charge in [-0.1, -0.05) is 20.8 Å². The van der Waals surface area contributed by atoms with E-state index in [9.17, 15) is 4.79 Å². The average Bonchev–Trinajstić information content (AvgIpc) is 2.67. The molecule has 0 aromatic heterocycles. The highest BCUT2D eigenvalue weighted by Crippen LogP contribution is 2.29. The second-order valence-corrected chi connectivity index (χ2v) is 6.63. The Morgan fingerprint density at radius 2 is 1.76 bits per heavy atom. The van der Waals surface area contributed by atoms with Crippen LogP contribution >= 0.6 is 0 Å². The fourth-order valence-corrected chi connectivity index (χ4v) is 2.61. The number of nitrogens with one attached hydrogen (secondary N) is 1. The van der Waals surface area contributed by atoms with Crippen LogP contribution in [0, 0.1) is 5.41 Å². The van der Waals surface area contributed by atoms with Gasteiger partial charge >= 0.3 is 5.97 Å². The van der Waals surface area contributed by atoms with Gasteiger partial charge in [-0.2, -0.15) is 0 Å². The van der Waals surface area contributed by atoms with Gasteiger partial charge in [0, 0.05) is 0 Å². The van der Waals surface area contributed by atoms with E-state index >= 15 is 0 Å². The van der Waals surface area contributed by atoms with Crippen LogP contribution in [0.4, 0.5) is 0 Å². The standard InChI is InChI=1S/C14H27NO2/c1-13(2,3)10-14(4,15-5)12(16)17-11-8-6-7-9-11/h11,15H,6-10H2,1-5H3. The molecule has 1 aliphatic carbocycles. The van der Waals surface area contributed by atoms with Gasteiger partial charge in [0.05, 0.1) is 0 Å². The van der Waals surface area contributed by atoms with Gasteiger partial charge in [0.15, 0.2) is 0 Å². The Labute approximate surface area is 105 Å². The van der Waals surface area contributed by atoms with Crippen molar-refractivity contribution in [2.75, 3.05) is 7.05 Å². The summed E-state index contributed by atoms with van der Waals surface area (Å²) in [6.07, 6.45) is 5.36. The molecule has 0 spiro atoms. The van der Waals surface area contributed by atoms with E-state index in [1.807, 2.05) is 14.0 Å². The molecule has 17 heavy (non-hydrogen) atoms. The number of hydrogen-bond donors (Lipinski definition) is 1. The molecule has 1 saturated carbocycles. The first-order chi connectivity index (χ1) is 7.77. The van der Waals surface area contributed by atoms with Crippen molar-refractivity contribution in [2.24, 2.45) is 5.41 Å². The van der Waals surface area contributed by atoms with Gasteiger partial charge in [0.2, 0.25) is 0 Å². The van der Waals surface area contributed by atoms with E-state index < -0.39 is 5.54 Å². The molecule has 0 aliphatic heterocycles. The lowest BCUT2D eigenvalue weighted by Crippen LogP contribution is -2.51. The van der Waals surface area contributed by atoms with E-state index in [1.54, 1.807) is 0 Å². The largest absolute Gasteiger partial charge is 0.461 e. The number of carbonyl (C=O) groups excluding carboxylic acids is 1. The van der Waals surface area contributed by atoms with Gasteiger partial charge in [0.1, 0.15) is 11.6 Å². The fourth-order valence-electron chi connectivity index (χ4n) is 2.61. The monoisotopic (exact) mass is 241 g/mol. The van der Waals surface area contributed by atoms with Crippen LogP contribution in [0.25, 0.3) is 0 Å². The van der Waals surface area contributed by atoms with Gasteiger partial charge in [-0.15, -0.1) is 0 Å². The van der Waals surface area contributed by atoms with Crippen molar-refractivity contribution in [3.8, 4) is 0 Å². The number of likely N-dealkylation sites (N-methyl/N-ethyl adjacent to an activating group) is 1. The summed E-state index contributed by atoms with van der Waals surface area (Å²) in [5, 5.41) is 3.13. The summed E-state index contributed by atoms with van der Waals surface area (Å²) in [6.45, 7) is 8.37. The molecule has 100 valence electrons. The summed E-state index contributed by atoms with van der Waals surface area (Å²) in [5.41, 5.74) is -0.465. The minimum Gasteiger partial charge on any atom is -0.461 e. The number of carbonyl (C=O) groups is 1. The zero-order valence-corrected chi connectivity index (χ0v) is 11.9. The Morgan fingerprint density at radius 1 is 1.24 bits per heavy atom. The Kier molecular flexibility index (Phi) is 4.59. The normalized spacial score (nSPS) is 21.2. The van der Waals surface area contributed by atoms with Crippen molar-refractivity contribution in [1.82, 2.24) is 5.32 Å². The lowest BCUT2D eigenvalue weighted by atomic mass is 9.81. The molecule has 1 aliphatic rings. The smallest absolute Gasteiger partial charge is 0.326 e. The second-order valence-electron chi connectivity index (χ2n) is 6.63. The molecule has 3 heteroatoms. The van der Waals surface area contributed by atoms with Crippen molar-refractivity contribution in [2.45, 2.75) is 71.4 Å². The first-order valence-corrected chi connectivity index (χ1v) is 6.67. The van der Waals surface area contributed by atoms with Gasteiger partial charge in [-0.3, -0.25) is 4.79 Å². The summed E-state index contributed by atoms with van der Waals surface area (Å²) >= 11 is 0. The summed E-state index contributed by atoms with van der Waals surface area (Å²) in [6, 6.07) is 0. The number of ether oxygens (including phenoxy) is 1. The maximum Gasteiger partial charge on any atom is 0.326 e. The van der Waals surface area contributed by atoms with E-state index in [0.717, 1.165) is 19.3 Å². The first kappa shape index (κ1) is 14.5. The number of hydrogen-bond acceptors (Lipinski definition) is 3. The molecular formula is C14H27NO2. The minimum atomic E-state index is -0.569. The van der Waals surface area contributed by atoms with Gasteiger partial charge in [0.25, 0.3) is 0 Å². The lowest BCUT2D eigenvalue weighted by Gasteiger charge is -2.34. The van der Waals surface area contributed by atoms with E-state index in [4.69, 9.17) is 4.74 Å². The highest BCUT2D eigenvalue weighted by Gasteiger charge is 2.38. The van der Waals surface area contributed by atoms with Crippen LogP contribution in [0.2, 0.25) is 0 Å². The maximum absolute atomic E-state index is 12.2. The van der Waals surface area contributed by atoms with Crippen LogP contribution in [-0.2, 0) is 9.53 Å². The zero-order valence-electron chi connectivity index (χ0n) is 11.9. The second kappa shape index (κ2) is 5.38. The highest BCUT2D eigenvalue weighted by atomic mass is 16.5. The van der Waals surface area contributed by atoms with Crippen molar-refractivity contribution in [3.05, 3.63) is 0 Å². The molecule has 0 bridgehead atoms. The molecule has 1 fully saturated rings. The summed E-state index contributed by atoms with van der Waals surface area (Å²) in [4.78, 5) is 12.2. The average molecular weight is 241 g/mol. The minimum absolute atomic E-state index is 0.0955. The van der Waals surface area contributed by atoms with E-state index in [2.05, 4.69) is 26.1 Å². The molecule has 1 rings (SSSR count). The first-order valence-electron chi connectivity index (χ1n) is 6.67. The molecular weight excluding hydrogens is 214 g/mol. The third-order valence-electron chi connectivity index (χ3n) is 3.46. The van der Waals surface area contributed by atoms with Crippen LogP contribution in [0.1, 0.15) is 59.8 Å². The molecule has 0 amide bonds. The highest BCUT2D eigenvalue weighted by molar-refractivity contribution is 5.80. The van der Waals surface area contributed by atoms with E-state index in [1.165, 1.54) is 12.8 Å². The van der Waals surface area contributed by atoms with Crippen LogP contribution < -0.4 is 5.32 Å². The third kappa shape index (κ3) is 4.30. The van der Waals surface area contributed by atoms with Gasteiger partial charge in [-0.25, -0.2) is 0 Å². The molecule has 0 radical (unpaired) electrons. The van der Waals surface area contributed by atoms with Crippen molar-refractivity contribution in [1.29, 1.82) is 0 Å². The molecule has 3 nitrogen and oxygen atoms in total. The Bertz CT molecular complexity index is 264. The van der Waals surface area contributed by atoms with Crippen molar-refractivity contribution >= 4 is 5.97 Å². The zero-order chi connectivity index (χ0) is 13.1. The van der Waals surface area contributed by atoms with Crippen LogP contribution in [0.15, 0.2) is 0 Å². The molecule has 0 aromatic rings. The summed E-state index contributed by atoms with van der Waals surface area (Å²) < 4.78 is 5.61. The van der Waals surface area contributed by atoms with Crippen molar-refractivity contribution < 1.29 is 9.53 Å². The van der Waals surface area contributed by atoms with Gasteiger partial charge < -0.3 is 10.1 Å².